The van der Waals surface area contributed by atoms with Gasteiger partial charge in [-0.05, 0) is 50.1 Å². The van der Waals surface area contributed by atoms with E-state index in [-0.39, 0.29) is 0 Å². The molecule has 0 bridgehead atoms. The highest BCUT2D eigenvalue weighted by Gasteiger charge is 2.26. The number of rotatable bonds is 6. The SMILES string of the molecule is CCCNCc1cnccc1OC1CCC(C)C(C)C1. The molecule has 1 fully saturated rings. The van der Waals surface area contributed by atoms with Gasteiger partial charge in [-0.15, -0.1) is 0 Å². The number of pyridine rings is 1. The van der Waals surface area contributed by atoms with Crippen molar-refractivity contribution in [2.45, 2.75) is 59.1 Å². The summed E-state index contributed by atoms with van der Waals surface area (Å²) in [5.41, 5.74) is 1.17. The Morgan fingerprint density at radius 1 is 1.30 bits per heavy atom. The van der Waals surface area contributed by atoms with E-state index < -0.39 is 0 Å². The summed E-state index contributed by atoms with van der Waals surface area (Å²) in [7, 11) is 0. The maximum absolute atomic E-state index is 6.26. The molecule has 1 aliphatic rings. The molecular formula is C17H28N2O. The van der Waals surface area contributed by atoms with Crippen LogP contribution in [0.2, 0.25) is 0 Å². The Hall–Kier alpha value is -1.09. The summed E-state index contributed by atoms with van der Waals surface area (Å²) in [6.07, 6.45) is 8.89. The lowest BCUT2D eigenvalue weighted by Gasteiger charge is -2.32. The Bertz CT molecular complexity index is 408. The summed E-state index contributed by atoms with van der Waals surface area (Å²) in [5.74, 6) is 2.60. The van der Waals surface area contributed by atoms with Crippen LogP contribution in [0.5, 0.6) is 5.75 Å². The molecule has 1 N–H and O–H groups in total. The molecule has 0 aliphatic heterocycles. The number of aromatic nitrogens is 1. The zero-order chi connectivity index (χ0) is 14.4. The van der Waals surface area contributed by atoms with E-state index in [4.69, 9.17) is 4.74 Å². The summed E-state index contributed by atoms with van der Waals surface area (Å²) in [5, 5.41) is 3.42. The largest absolute Gasteiger partial charge is 0.490 e. The molecule has 1 aliphatic carbocycles. The molecule has 0 saturated heterocycles. The molecule has 3 heteroatoms. The minimum atomic E-state index is 0.369. The molecule has 2 rings (SSSR count). The van der Waals surface area contributed by atoms with Crippen molar-refractivity contribution in [1.29, 1.82) is 0 Å². The number of nitrogens with one attached hydrogen (secondary N) is 1. The first kappa shape index (κ1) is 15.3. The molecule has 1 aromatic heterocycles. The monoisotopic (exact) mass is 276 g/mol. The fraction of sp³-hybridized carbons (Fsp3) is 0.706. The highest BCUT2D eigenvalue weighted by Crippen LogP contribution is 2.32. The van der Waals surface area contributed by atoms with Gasteiger partial charge in [0.2, 0.25) is 0 Å². The van der Waals surface area contributed by atoms with Gasteiger partial charge in [0.15, 0.2) is 0 Å². The standard InChI is InChI=1S/C17H28N2O/c1-4-8-18-11-15-12-19-9-7-17(15)20-16-6-5-13(2)14(3)10-16/h7,9,12-14,16,18H,4-6,8,10-11H2,1-3H3. The Morgan fingerprint density at radius 3 is 2.90 bits per heavy atom. The van der Waals surface area contributed by atoms with Gasteiger partial charge >= 0.3 is 0 Å². The molecule has 112 valence electrons. The van der Waals surface area contributed by atoms with Gasteiger partial charge in [0.25, 0.3) is 0 Å². The normalized spacial score (nSPS) is 26.4. The van der Waals surface area contributed by atoms with Crippen LogP contribution in [0.4, 0.5) is 0 Å². The fourth-order valence-electron chi connectivity index (χ4n) is 2.85. The van der Waals surface area contributed by atoms with Crippen molar-refractivity contribution in [3.8, 4) is 5.75 Å². The minimum absolute atomic E-state index is 0.369. The van der Waals surface area contributed by atoms with Crippen molar-refractivity contribution in [1.82, 2.24) is 10.3 Å². The third-order valence-corrected chi connectivity index (χ3v) is 4.44. The van der Waals surface area contributed by atoms with E-state index in [1.54, 1.807) is 0 Å². The molecule has 1 aromatic rings. The lowest BCUT2D eigenvalue weighted by molar-refractivity contribution is 0.0995. The zero-order valence-electron chi connectivity index (χ0n) is 13.1. The van der Waals surface area contributed by atoms with Crippen LogP contribution in [0.15, 0.2) is 18.5 Å². The van der Waals surface area contributed by atoms with Crippen LogP contribution in [-0.2, 0) is 6.54 Å². The molecule has 0 aromatic carbocycles. The van der Waals surface area contributed by atoms with Crippen molar-refractivity contribution >= 4 is 0 Å². The highest BCUT2D eigenvalue weighted by atomic mass is 16.5. The van der Waals surface area contributed by atoms with E-state index in [1.165, 1.54) is 24.8 Å². The molecule has 0 spiro atoms. The molecule has 1 heterocycles. The zero-order valence-corrected chi connectivity index (χ0v) is 13.1. The van der Waals surface area contributed by atoms with Gasteiger partial charge in [-0.1, -0.05) is 20.8 Å². The second-order valence-electron chi connectivity index (χ2n) is 6.17. The lowest BCUT2D eigenvalue weighted by atomic mass is 9.80. The fourth-order valence-corrected chi connectivity index (χ4v) is 2.85. The topological polar surface area (TPSA) is 34.2 Å². The summed E-state index contributed by atoms with van der Waals surface area (Å²) in [6, 6.07) is 2.01. The third-order valence-electron chi connectivity index (χ3n) is 4.44. The minimum Gasteiger partial charge on any atom is -0.490 e. The van der Waals surface area contributed by atoms with Gasteiger partial charge in [-0.3, -0.25) is 4.98 Å². The van der Waals surface area contributed by atoms with Gasteiger partial charge in [0.1, 0.15) is 5.75 Å². The van der Waals surface area contributed by atoms with Crippen molar-refractivity contribution in [3.05, 3.63) is 24.0 Å². The predicted molar refractivity (Wildman–Crippen MR) is 82.8 cm³/mol. The first-order valence-electron chi connectivity index (χ1n) is 8.01. The number of hydrogen-bond donors (Lipinski definition) is 1. The van der Waals surface area contributed by atoms with E-state index in [9.17, 15) is 0 Å². The van der Waals surface area contributed by atoms with Crippen molar-refractivity contribution in [2.24, 2.45) is 11.8 Å². The molecule has 0 radical (unpaired) electrons. The summed E-state index contributed by atoms with van der Waals surface area (Å²) in [6.45, 7) is 8.75. The Morgan fingerprint density at radius 2 is 2.15 bits per heavy atom. The Kier molecular flexibility index (Phi) is 5.84. The molecule has 3 unspecified atom stereocenters. The molecule has 3 atom stereocenters. The Labute approximate surface area is 123 Å². The number of hydrogen-bond acceptors (Lipinski definition) is 3. The lowest BCUT2D eigenvalue weighted by Crippen LogP contribution is -2.29. The average Bonchev–Trinajstić information content (AvgIpc) is 2.45. The maximum atomic E-state index is 6.26. The van der Waals surface area contributed by atoms with Gasteiger partial charge in [0, 0.05) is 24.5 Å². The van der Waals surface area contributed by atoms with E-state index in [1.807, 2.05) is 18.5 Å². The highest BCUT2D eigenvalue weighted by molar-refractivity contribution is 5.30. The van der Waals surface area contributed by atoms with Crippen LogP contribution in [-0.4, -0.2) is 17.6 Å². The summed E-state index contributed by atoms with van der Waals surface area (Å²) >= 11 is 0. The Balaban J connectivity index is 1.94. The molecular weight excluding hydrogens is 248 g/mol. The van der Waals surface area contributed by atoms with Gasteiger partial charge in [-0.2, -0.15) is 0 Å². The second-order valence-corrected chi connectivity index (χ2v) is 6.17. The van der Waals surface area contributed by atoms with Gasteiger partial charge in [0.05, 0.1) is 6.10 Å². The predicted octanol–water partition coefficient (Wildman–Crippen LogP) is 3.78. The van der Waals surface area contributed by atoms with Crippen molar-refractivity contribution in [2.75, 3.05) is 6.54 Å². The quantitative estimate of drug-likeness (QED) is 0.803. The first-order valence-corrected chi connectivity index (χ1v) is 8.01. The summed E-state index contributed by atoms with van der Waals surface area (Å²) in [4.78, 5) is 4.22. The van der Waals surface area contributed by atoms with E-state index >= 15 is 0 Å². The molecule has 0 amide bonds. The van der Waals surface area contributed by atoms with Crippen LogP contribution < -0.4 is 10.1 Å². The number of ether oxygens (including phenoxy) is 1. The van der Waals surface area contributed by atoms with Crippen LogP contribution in [0.3, 0.4) is 0 Å². The van der Waals surface area contributed by atoms with Crippen LogP contribution in [0, 0.1) is 11.8 Å². The third kappa shape index (κ3) is 4.20. The molecule has 3 nitrogen and oxygen atoms in total. The van der Waals surface area contributed by atoms with E-state index in [2.05, 4.69) is 31.1 Å². The second kappa shape index (κ2) is 7.63. The van der Waals surface area contributed by atoms with Gasteiger partial charge < -0.3 is 10.1 Å². The van der Waals surface area contributed by atoms with Crippen LogP contribution in [0.25, 0.3) is 0 Å². The van der Waals surface area contributed by atoms with E-state index in [0.29, 0.717) is 6.10 Å². The van der Waals surface area contributed by atoms with Crippen molar-refractivity contribution < 1.29 is 4.74 Å². The molecule has 20 heavy (non-hydrogen) atoms. The molecule has 1 saturated carbocycles. The maximum Gasteiger partial charge on any atom is 0.127 e. The van der Waals surface area contributed by atoms with Gasteiger partial charge in [-0.25, -0.2) is 0 Å². The average molecular weight is 276 g/mol. The first-order chi connectivity index (χ1) is 9.70. The number of nitrogens with zero attached hydrogens (tertiary/aromatic N) is 1. The summed E-state index contributed by atoms with van der Waals surface area (Å²) < 4.78 is 6.26. The van der Waals surface area contributed by atoms with Crippen LogP contribution in [0.1, 0.15) is 52.0 Å². The smallest absolute Gasteiger partial charge is 0.127 e. The van der Waals surface area contributed by atoms with E-state index in [0.717, 1.165) is 37.1 Å². The van der Waals surface area contributed by atoms with Crippen molar-refractivity contribution in [3.63, 3.8) is 0 Å². The van der Waals surface area contributed by atoms with Crippen LogP contribution >= 0.6 is 0 Å².